The van der Waals surface area contributed by atoms with Crippen LogP contribution in [0.1, 0.15) is 18.3 Å². The number of benzene rings is 1. The molecular formula is C13H14O2. The monoisotopic (exact) mass is 202 g/mol. The molecule has 0 fully saturated rings. The Morgan fingerprint density at radius 2 is 2.27 bits per heavy atom. The highest BCUT2D eigenvalue weighted by Crippen LogP contribution is 2.27. The van der Waals surface area contributed by atoms with E-state index in [1.165, 1.54) is 0 Å². The molecule has 2 nitrogen and oxygen atoms in total. The normalized spacial score (nSPS) is 12.9. The summed E-state index contributed by atoms with van der Waals surface area (Å²) in [5, 5.41) is 1.11. The Kier molecular flexibility index (Phi) is 2.88. The number of fused-ring (bicyclic) bond motifs is 1. The molecule has 0 bridgehead atoms. The van der Waals surface area contributed by atoms with Gasteiger partial charge in [0.25, 0.3) is 0 Å². The van der Waals surface area contributed by atoms with Gasteiger partial charge in [-0.15, -0.1) is 6.58 Å². The highest BCUT2D eigenvalue weighted by atomic mass is 16.5. The van der Waals surface area contributed by atoms with Crippen LogP contribution in [0.4, 0.5) is 0 Å². The van der Waals surface area contributed by atoms with Gasteiger partial charge >= 0.3 is 0 Å². The van der Waals surface area contributed by atoms with Crippen molar-refractivity contribution in [3.8, 4) is 0 Å². The Hall–Kier alpha value is -1.54. The average Bonchev–Trinajstić information content (AvgIpc) is 2.69. The van der Waals surface area contributed by atoms with Gasteiger partial charge in [-0.1, -0.05) is 24.3 Å². The van der Waals surface area contributed by atoms with Crippen LogP contribution in [0.2, 0.25) is 0 Å². The predicted octanol–water partition coefficient (Wildman–Crippen LogP) is 3.70. The van der Waals surface area contributed by atoms with E-state index in [-0.39, 0.29) is 6.10 Å². The van der Waals surface area contributed by atoms with Gasteiger partial charge in [0.2, 0.25) is 0 Å². The van der Waals surface area contributed by atoms with Crippen molar-refractivity contribution in [1.29, 1.82) is 0 Å². The zero-order valence-electron chi connectivity index (χ0n) is 8.77. The van der Waals surface area contributed by atoms with Crippen molar-refractivity contribution in [3.63, 3.8) is 0 Å². The maximum atomic E-state index is 5.70. The number of methoxy groups -OCH3 is 1. The van der Waals surface area contributed by atoms with E-state index < -0.39 is 0 Å². The SMILES string of the molecule is C=CCC(OC)c1cc2ccccc2o1. The second-order valence-electron chi connectivity index (χ2n) is 3.44. The van der Waals surface area contributed by atoms with Crippen molar-refractivity contribution in [1.82, 2.24) is 0 Å². The molecule has 0 N–H and O–H groups in total. The van der Waals surface area contributed by atoms with Crippen molar-refractivity contribution >= 4 is 11.0 Å². The Morgan fingerprint density at radius 3 is 2.93 bits per heavy atom. The molecule has 1 atom stereocenters. The van der Waals surface area contributed by atoms with Crippen LogP contribution >= 0.6 is 0 Å². The second-order valence-corrected chi connectivity index (χ2v) is 3.44. The summed E-state index contributed by atoms with van der Waals surface area (Å²) in [6.45, 7) is 3.71. The molecule has 2 aromatic rings. The Balaban J connectivity index is 2.38. The first-order valence-electron chi connectivity index (χ1n) is 4.97. The van der Waals surface area contributed by atoms with Crippen LogP contribution in [0.3, 0.4) is 0 Å². The lowest BCUT2D eigenvalue weighted by molar-refractivity contribution is 0.0880. The molecule has 78 valence electrons. The molecule has 1 unspecified atom stereocenters. The molecule has 0 radical (unpaired) electrons. The Labute approximate surface area is 89.2 Å². The van der Waals surface area contributed by atoms with Crippen molar-refractivity contribution in [2.75, 3.05) is 7.11 Å². The molecule has 15 heavy (non-hydrogen) atoms. The molecule has 2 heteroatoms. The summed E-state index contributed by atoms with van der Waals surface area (Å²) in [5.41, 5.74) is 0.901. The fourth-order valence-electron chi connectivity index (χ4n) is 1.64. The minimum atomic E-state index is -0.0325. The van der Waals surface area contributed by atoms with Crippen molar-refractivity contribution in [3.05, 3.63) is 48.7 Å². The first-order valence-corrected chi connectivity index (χ1v) is 4.97. The summed E-state index contributed by atoms with van der Waals surface area (Å²) in [7, 11) is 1.68. The molecule has 0 aliphatic carbocycles. The van der Waals surface area contributed by atoms with Gasteiger partial charge in [0, 0.05) is 12.5 Å². The topological polar surface area (TPSA) is 22.4 Å². The molecule has 0 aliphatic rings. The molecule has 1 aromatic carbocycles. The molecular weight excluding hydrogens is 188 g/mol. The minimum Gasteiger partial charge on any atom is -0.458 e. The van der Waals surface area contributed by atoms with Gasteiger partial charge in [-0.2, -0.15) is 0 Å². The van der Waals surface area contributed by atoms with E-state index >= 15 is 0 Å². The molecule has 0 spiro atoms. The highest BCUT2D eigenvalue weighted by Gasteiger charge is 2.13. The number of hydrogen-bond acceptors (Lipinski definition) is 2. The van der Waals surface area contributed by atoms with E-state index in [9.17, 15) is 0 Å². The lowest BCUT2D eigenvalue weighted by atomic mass is 10.2. The van der Waals surface area contributed by atoms with E-state index in [0.717, 1.165) is 23.2 Å². The van der Waals surface area contributed by atoms with E-state index in [0.29, 0.717) is 0 Å². The summed E-state index contributed by atoms with van der Waals surface area (Å²) >= 11 is 0. The molecule has 1 aromatic heterocycles. The Morgan fingerprint density at radius 1 is 1.47 bits per heavy atom. The zero-order valence-corrected chi connectivity index (χ0v) is 8.77. The number of ether oxygens (including phenoxy) is 1. The molecule has 0 saturated carbocycles. The van der Waals surface area contributed by atoms with Gasteiger partial charge in [-0.25, -0.2) is 0 Å². The number of hydrogen-bond donors (Lipinski definition) is 0. The maximum Gasteiger partial charge on any atom is 0.134 e. The molecule has 0 amide bonds. The summed E-state index contributed by atoms with van der Waals surface area (Å²) < 4.78 is 11.0. The number of furan rings is 1. The largest absolute Gasteiger partial charge is 0.458 e. The standard InChI is InChI=1S/C13H14O2/c1-3-6-12(14-2)13-9-10-7-4-5-8-11(10)15-13/h3-5,7-9,12H,1,6H2,2H3. The van der Waals surface area contributed by atoms with Crippen LogP contribution in [0.25, 0.3) is 11.0 Å². The summed E-state index contributed by atoms with van der Waals surface area (Å²) in [6.07, 6.45) is 2.56. The smallest absolute Gasteiger partial charge is 0.134 e. The van der Waals surface area contributed by atoms with Crippen molar-refractivity contribution in [2.24, 2.45) is 0 Å². The molecule has 1 heterocycles. The van der Waals surface area contributed by atoms with Gasteiger partial charge < -0.3 is 9.15 Å². The minimum absolute atomic E-state index is 0.0325. The predicted molar refractivity (Wildman–Crippen MR) is 60.8 cm³/mol. The lowest BCUT2D eigenvalue weighted by Gasteiger charge is -2.08. The van der Waals surface area contributed by atoms with Gasteiger partial charge in [0.1, 0.15) is 17.4 Å². The third-order valence-electron chi connectivity index (χ3n) is 2.43. The van der Waals surface area contributed by atoms with E-state index in [1.54, 1.807) is 7.11 Å². The molecule has 0 aliphatic heterocycles. The van der Waals surface area contributed by atoms with Gasteiger partial charge in [-0.05, 0) is 18.6 Å². The fraction of sp³-hybridized carbons (Fsp3) is 0.231. The summed E-state index contributed by atoms with van der Waals surface area (Å²) in [5.74, 6) is 0.860. The van der Waals surface area contributed by atoms with Crippen LogP contribution in [0, 0.1) is 0 Å². The molecule has 2 rings (SSSR count). The van der Waals surface area contributed by atoms with Crippen molar-refractivity contribution < 1.29 is 9.15 Å². The van der Waals surface area contributed by atoms with Gasteiger partial charge in [-0.3, -0.25) is 0 Å². The fourth-order valence-corrected chi connectivity index (χ4v) is 1.64. The van der Waals surface area contributed by atoms with Crippen LogP contribution in [0.5, 0.6) is 0 Å². The van der Waals surface area contributed by atoms with Crippen LogP contribution in [-0.2, 0) is 4.74 Å². The second kappa shape index (κ2) is 4.32. The zero-order chi connectivity index (χ0) is 10.7. The van der Waals surface area contributed by atoms with E-state index in [2.05, 4.69) is 6.58 Å². The number of rotatable bonds is 4. The lowest BCUT2D eigenvalue weighted by Crippen LogP contribution is -1.97. The first-order chi connectivity index (χ1) is 7.35. The first kappa shape index (κ1) is 9.99. The molecule has 0 saturated heterocycles. The third-order valence-corrected chi connectivity index (χ3v) is 2.43. The maximum absolute atomic E-state index is 5.70. The van der Waals surface area contributed by atoms with E-state index in [1.807, 2.05) is 36.4 Å². The number of para-hydroxylation sites is 1. The van der Waals surface area contributed by atoms with Crippen LogP contribution < -0.4 is 0 Å². The van der Waals surface area contributed by atoms with Crippen LogP contribution in [-0.4, -0.2) is 7.11 Å². The van der Waals surface area contributed by atoms with Crippen LogP contribution in [0.15, 0.2) is 47.4 Å². The van der Waals surface area contributed by atoms with Gasteiger partial charge in [0.05, 0.1) is 0 Å². The van der Waals surface area contributed by atoms with Crippen molar-refractivity contribution in [2.45, 2.75) is 12.5 Å². The average molecular weight is 202 g/mol. The highest BCUT2D eigenvalue weighted by molar-refractivity contribution is 5.77. The quantitative estimate of drug-likeness (QED) is 0.705. The summed E-state index contributed by atoms with van der Waals surface area (Å²) in [6, 6.07) is 9.97. The Bertz CT molecular complexity index is 423. The third kappa shape index (κ3) is 1.95. The van der Waals surface area contributed by atoms with E-state index in [4.69, 9.17) is 9.15 Å². The summed E-state index contributed by atoms with van der Waals surface area (Å²) in [4.78, 5) is 0. The van der Waals surface area contributed by atoms with Gasteiger partial charge in [0.15, 0.2) is 0 Å².